The van der Waals surface area contributed by atoms with Crippen LogP contribution < -0.4 is 10.6 Å². The van der Waals surface area contributed by atoms with Crippen LogP contribution in [0.25, 0.3) is 10.4 Å². The molecule has 2 rings (SSSR count). The molecule has 2 aromatic rings. The molecule has 0 spiro atoms. The van der Waals surface area contributed by atoms with E-state index in [9.17, 15) is 18.8 Å². The number of urea groups is 1. The standard InChI is InChI=1S/C19H21FN2O4S/c1-11(16(23)21-18(25)22-19(2,3)4)26-17(24)15-10-9-14(27-15)12-5-7-13(20)8-6-12/h5-11H,1-4H3,(H2,21,22,23,25)/t11-/m1/s1. The van der Waals surface area contributed by atoms with Gasteiger partial charge in [-0.05, 0) is 57.5 Å². The summed E-state index contributed by atoms with van der Waals surface area (Å²) in [6.07, 6.45) is -1.14. The summed E-state index contributed by atoms with van der Waals surface area (Å²) in [4.78, 5) is 37.0. The first-order valence-electron chi connectivity index (χ1n) is 8.25. The lowest BCUT2D eigenvalue weighted by atomic mass is 10.1. The average Bonchev–Trinajstić information content (AvgIpc) is 3.03. The number of nitrogens with one attached hydrogen (secondary N) is 2. The predicted octanol–water partition coefficient (Wildman–Crippen LogP) is 3.72. The Balaban J connectivity index is 1.95. The van der Waals surface area contributed by atoms with Crippen LogP contribution in [-0.4, -0.2) is 29.6 Å². The number of amides is 3. The van der Waals surface area contributed by atoms with Gasteiger partial charge in [-0.25, -0.2) is 14.0 Å². The van der Waals surface area contributed by atoms with Gasteiger partial charge >= 0.3 is 12.0 Å². The molecular weight excluding hydrogens is 371 g/mol. The second-order valence-corrected chi connectivity index (χ2v) is 8.00. The van der Waals surface area contributed by atoms with Crippen LogP contribution in [0.2, 0.25) is 0 Å². The van der Waals surface area contributed by atoms with Gasteiger partial charge < -0.3 is 10.1 Å². The number of imide groups is 1. The molecule has 3 amide bonds. The lowest BCUT2D eigenvalue weighted by Gasteiger charge is -2.21. The van der Waals surface area contributed by atoms with Gasteiger partial charge in [0.25, 0.3) is 5.91 Å². The monoisotopic (exact) mass is 392 g/mol. The maximum absolute atomic E-state index is 13.0. The fourth-order valence-electron chi connectivity index (χ4n) is 2.07. The van der Waals surface area contributed by atoms with Crippen molar-refractivity contribution in [1.82, 2.24) is 10.6 Å². The molecule has 0 aliphatic carbocycles. The number of carbonyl (C=O) groups excluding carboxylic acids is 3. The molecule has 0 radical (unpaired) electrons. The molecule has 1 atom stereocenters. The van der Waals surface area contributed by atoms with Crippen LogP contribution in [0.1, 0.15) is 37.4 Å². The minimum Gasteiger partial charge on any atom is -0.448 e. The average molecular weight is 392 g/mol. The van der Waals surface area contributed by atoms with Crippen molar-refractivity contribution in [3.63, 3.8) is 0 Å². The van der Waals surface area contributed by atoms with Crippen molar-refractivity contribution in [3.8, 4) is 10.4 Å². The summed E-state index contributed by atoms with van der Waals surface area (Å²) in [5.74, 6) is -1.74. The van der Waals surface area contributed by atoms with Gasteiger partial charge in [-0.1, -0.05) is 12.1 Å². The van der Waals surface area contributed by atoms with E-state index in [4.69, 9.17) is 4.74 Å². The normalized spacial score (nSPS) is 12.2. The van der Waals surface area contributed by atoms with Gasteiger partial charge in [0.15, 0.2) is 6.10 Å². The Labute approximate surface area is 160 Å². The Morgan fingerprint density at radius 2 is 1.70 bits per heavy atom. The molecule has 0 saturated carbocycles. The van der Waals surface area contributed by atoms with Crippen molar-refractivity contribution in [2.45, 2.75) is 39.3 Å². The summed E-state index contributed by atoms with van der Waals surface area (Å²) in [5.41, 5.74) is 0.267. The quantitative estimate of drug-likeness (QED) is 0.777. The molecule has 0 unspecified atom stereocenters. The largest absolute Gasteiger partial charge is 0.448 e. The van der Waals surface area contributed by atoms with E-state index in [1.807, 2.05) is 0 Å². The Morgan fingerprint density at radius 1 is 1.07 bits per heavy atom. The lowest BCUT2D eigenvalue weighted by molar-refractivity contribution is -0.127. The molecule has 144 valence electrons. The van der Waals surface area contributed by atoms with E-state index < -0.39 is 29.6 Å². The second kappa shape index (κ2) is 8.30. The third-order valence-electron chi connectivity index (χ3n) is 3.31. The number of halogens is 1. The van der Waals surface area contributed by atoms with Gasteiger partial charge in [0.05, 0.1) is 0 Å². The second-order valence-electron chi connectivity index (χ2n) is 6.91. The van der Waals surface area contributed by atoms with E-state index in [1.165, 1.54) is 30.4 Å². The molecule has 0 saturated heterocycles. The molecule has 0 bridgehead atoms. The summed E-state index contributed by atoms with van der Waals surface area (Å²) >= 11 is 1.17. The number of rotatable bonds is 4. The maximum Gasteiger partial charge on any atom is 0.349 e. The van der Waals surface area contributed by atoms with Gasteiger partial charge in [-0.3, -0.25) is 10.1 Å². The number of hydrogen-bond acceptors (Lipinski definition) is 5. The third-order valence-corrected chi connectivity index (χ3v) is 4.43. The summed E-state index contributed by atoms with van der Waals surface area (Å²) in [5, 5.41) is 4.71. The summed E-state index contributed by atoms with van der Waals surface area (Å²) in [6, 6.07) is 8.52. The van der Waals surface area contributed by atoms with Crippen molar-refractivity contribution in [1.29, 1.82) is 0 Å². The zero-order chi connectivity index (χ0) is 20.2. The van der Waals surface area contributed by atoms with Crippen LogP contribution in [0.4, 0.5) is 9.18 Å². The first-order valence-corrected chi connectivity index (χ1v) is 9.06. The van der Waals surface area contributed by atoms with Gasteiger partial charge in [0, 0.05) is 10.4 Å². The zero-order valence-electron chi connectivity index (χ0n) is 15.5. The molecular formula is C19H21FN2O4S. The fraction of sp³-hybridized carbons (Fsp3) is 0.316. The minimum absolute atomic E-state index is 0.299. The zero-order valence-corrected chi connectivity index (χ0v) is 16.3. The van der Waals surface area contributed by atoms with Crippen molar-refractivity contribution in [3.05, 3.63) is 47.1 Å². The van der Waals surface area contributed by atoms with Crippen molar-refractivity contribution in [2.24, 2.45) is 0 Å². The Kier molecular flexibility index (Phi) is 6.32. The maximum atomic E-state index is 13.0. The highest BCUT2D eigenvalue weighted by Gasteiger charge is 2.23. The highest BCUT2D eigenvalue weighted by molar-refractivity contribution is 7.17. The molecule has 2 N–H and O–H groups in total. The van der Waals surface area contributed by atoms with Crippen molar-refractivity contribution < 1.29 is 23.5 Å². The molecule has 6 nitrogen and oxygen atoms in total. The molecule has 1 aromatic heterocycles. The summed E-state index contributed by atoms with van der Waals surface area (Å²) in [6.45, 7) is 6.70. The number of esters is 1. The topological polar surface area (TPSA) is 84.5 Å². The van der Waals surface area contributed by atoms with Crippen LogP contribution in [0, 0.1) is 5.82 Å². The smallest absolute Gasteiger partial charge is 0.349 e. The van der Waals surface area contributed by atoms with Crippen LogP contribution in [0.5, 0.6) is 0 Å². The minimum atomic E-state index is -1.14. The molecule has 1 aromatic carbocycles. The molecule has 0 fully saturated rings. The SMILES string of the molecule is C[C@@H](OC(=O)c1ccc(-c2ccc(F)cc2)s1)C(=O)NC(=O)NC(C)(C)C. The van der Waals surface area contributed by atoms with E-state index >= 15 is 0 Å². The fourth-order valence-corrected chi connectivity index (χ4v) is 2.97. The van der Waals surface area contributed by atoms with Gasteiger partial charge in [-0.2, -0.15) is 0 Å². The summed E-state index contributed by atoms with van der Waals surface area (Å²) < 4.78 is 18.1. The molecule has 27 heavy (non-hydrogen) atoms. The number of benzene rings is 1. The van der Waals surface area contributed by atoms with Gasteiger partial charge in [-0.15, -0.1) is 11.3 Å². The third kappa shape index (κ3) is 6.18. The Hall–Kier alpha value is -2.74. The van der Waals surface area contributed by atoms with E-state index in [0.29, 0.717) is 4.88 Å². The van der Waals surface area contributed by atoms with Crippen LogP contribution in [0.15, 0.2) is 36.4 Å². The van der Waals surface area contributed by atoms with Crippen molar-refractivity contribution in [2.75, 3.05) is 0 Å². The van der Waals surface area contributed by atoms with Crippen molar-refractivity contribution >= 4 is 29.2 Å². The Morgan fingerprint density at radius 3 is 2.30 bits per heavy atom. The highest BCUT2D eigenvalue weighted by atomic mass is 32.1. The first-order chi connectivity index (χ1) is 12.5. The predicted molar refractivity (Wildman–Crippen MR) is 101 cm³/mol. The van der Waals surface area contributed by atoms with E-state index in [2.05, 4.69) is 10.6 Å². The van der Waals surface area contributed by atoms with Gasteiger partial charge in [0.1, 0.15) is 10.7 Å². The lowest BCUT2D eigenvalue weighted by Crippen LogP contribution is -2.50. The molecule has 1 heterocycles. The van der Waals surface area contributed by atoms with Crippen LogP contribution in [0.3, 0.4) is 0 Å². The first kappa shape index (κ1) is 20.6. The van der Waals surface area contributed by atoms with Gasteiger partial charge in [0.2, 0.25) is 0 Å². The number of ether oxygens (including phenoxy) is 1. The molecule has 8 heteroatoms. The number of hydrogen-bond donors (Lipinski definition) is 2. The van der Waals surface area contributed by atoms with Crippen LogP contribution in [-0.2, 0) is 9.53 Å². The molecule has 0 aliphatic heterocycles. The Bertz CT molecular complexity index is 840. The van der Waals surface area contributed by atoms with E-state index in [-0.39, 0.29) is 5.82 Å². The number of carbonyl (C=O) groups is 3. The highest BCUT2D eigenvalue weighted by Crippen LogP contribution is 2.28. The van der Waals surface area contributed by atoms with E-state index in [1.54, 1.807) is 45.0 Å². The van der Waals surface area contributed by atoms with Crippen LogP contribution >= 0.6 is 11.3 Å². The van der Waals surface area contributed by atoms with E-state index in [0.717, 1.165) is 10.4 Å². The number of thiophene rings is 1. The molecule has 0 aliphatic rings. The summed E-state index contributed by atoms with van der Waals surface area (Å²) in [7, 11) is 0.